The number of hydrogen-bond acceptors (Lipinski definition) is 15. The predicted molar refractivity (Wildman–Crippen MR) is 331 cm³/mol. The summed E-state index contributed by atoms with van der Waals surface area (Å²) in [5.74, 6) is -0.717. The minimum Gasteiger partial charge on any atom is -0.462 e. The van der Waals surface area contributed by atoms with Crippen molar-refractivity contribution in [3.63, 3.8) is 0 Å². The summed E-state index contributed by atoms with van der Waals surface area (Å²) in [6.07, 6.45) is 39.2. The van der Waals surface area contributed by atoms with Gasteiger partial charge in [0.2, 0.25) is 0 Å². The molecule has 2 unspecified atom stereocenters. The summed E-state index contributed by atoms with van der Waals surface area (Å²) in [6.45, 7) is 9.36. The summed E-state index contributed by atoms with van der Waals surface area (Å²) < 4.78 is 67.9. The van der Waals surface area contributed by atoms with Crippen LogP contribution in [0.15, 0.2) is 0 Å². The van der Waals surface area contributed by atoms with Crippen LogP contribution in [0.1, 0.15) is 318 Å². The summed E-state index contributed by atoms with van der Waals surface area (Å²) in [5.41, 5.74) is 0. The first-order valence-corrected chi connectivity index (χ1v) is 36.5. The Balaban J connectivity index is 5.21. The van der Waals surface area contributed by atoms with Gasteiger partial charge in [0.05, 0.1) is 26.4 Å². The molecule has 0 fully saturated rings. The number of phosphoric acid groups is 2. The molecule has 5 atom stereocenters. The molecule has 0 bridgehead atoms. The molecular formula is C64H124O17P2. The number of ether oxygens (including phenoxy) is 4. The molecule has 0 aromatic rings. The van der Waals surface area contributed by atoms with E-state index in [0.717, 1.165) is 109 Å². The number of rotatable bonds is 63. The van der Waals surface area contributed by atoms with Crippen molar-refractivity contribution in [3.8, 4) is 0 Å². The molecule has 0 radical (unpaired) electrons. The Hall–Kier alpha value is -1.94. The van der Waals surface area contributed by atoms with Crippen LogP contribution in [-0.2, 0) is 65.4 Å². The van der Waals surface area contributed by atoms with Gasteiger partial charge in [-0.2, -0.15) is 0 Å². The summed E-state index contributed by atoms with van der Waals surface area (Å²) in [6, 6.07) is 0. The molecule has 83 heavy (non-hydrogen) atoms. The third kappa shape index (κ3) is 58.8. The summed E-state index contributed by atoms with van der Waals surface area (Å²) in [5, 5.41) is 10.5. The molecule has 492 valence electrons. The van der Waals surface area contributed by atoms with Crippen molar-refractivity contribution in [1.82, 2.24) is 0 Å². The maximum absolute atomic E-state index is 13.0. The van der Waals surface area contributed by atoms with Gasteiger partial charge in [0.1, 0.15) is 19.3 Å². The van der Waals surface area contributed by atoms with E-state index in [0.29, 0.717) is 31.6 Å². The average Bonchev–Trinajstić information content (AvgIpc) is 3.44. The first kappa shape index (κ1) is 81.1. The monoisotopic (exact) mass is 1230 g/mol. The maximum Gasteiger partial charge on any atom is 0.472 e. The van der Waals surface area contributed by atoms with E-state index in [-0.39, 0.29) is 25.7 Å². The highest BCUT2D eigenvalue weighted by atomic mass is 31.2. The second-order valence-corrected chi connectivity index (χ2v) is 27.0. The van der Waals surface area contributed by atoms with E-state index in [1.54, 1.807) is 0 Å². The molecule has 0 amide bonds. The van der Waals surface area contributed by atoms with Gasteiger partial charge in [0.25, 0.3) is 0 Å². The van der Waals surface area contributed by atoms with Crippen LogP contribution in [0.5, 0.6) is 0 Å². The topological polar surface area (TPSA) is 237 Å². The Morgan fingerprint density at radius 1 is 0.325 bits per heavy atom. The number of esters is 4. The normalized spacial score (nSPS) is 14.3. The zero-order valence-electron chi connectivity index (χ0n) is 53.5. The number of hydrogen-bond donors (Lipinski definition) is 3. The standard InChI is InChI=1S/C64H124O17P2/c1-7-9-11-13-15-16-17-18-19-20-21-22-30-36-42-48-63(68)80-60(53-75-62(67)47-41-35-29-24-23-27-32-38-44-56(3)4)55-79-83(72,73)77-51-58(65)50-76-82(70,71)78-54-59(52-74-61(66)46-40-34-26-14-12-10-8-2)81-64(69)49-43-37-31-25-28-33-39-45-57(5)6/h56-60,65H,7-55H2,1-6H3,(H,70,71)(H,72,73)/t58-,59+,60+/m0/s1. The van der Waals surface area contributed by atoms with E-state index in [9.17, 15) is 43.2 Å². The number of carbonyl (C=O) groups excluding carboxylic acids is 4. The van der Waals surface area contributed by atoms with Crippen molar-refractivity contribution >= 4 is 39.5 Å². The smallest absolute Gasteiger partial charge is 0.462 e. The van der Waals surface area contributed by atoms with Crippen LogP contribution in [0.3, 0.4) is 0 Å². The van der Waals surface area contributed by atoms with Crippen molar-refractivity contribution < 1.29 is 80.2 Å². The first-order chi connectivity index (χ1) is 39.9. The molecule has 0 saturated heterocycles. The van der Waals surface area contributed by atoms with Crippen molar-refractivity contribution in [2.75, 3.05) is 39.6 Å². The number of unbranched alkanes of at least 4 members (excludes halogenated alkanes) is 33. The van der Waals surface area contributed by atoms with E-state index in [2.05, 4.69) is 41.5 Å². The fraction of sp³-hybridized carbons (Fsp3) is 0.938. The Labute approximate surface area is 505 Å². The molecule has 0 aliphatic carbocycles. The van der Waals surface area contributed by atoms with Gasteiger partial charge in [-0.05, 0) is 37.5 Å². The molecule has 19 heteroatoms. The summed E-state index contributed by atoms with van der Waals surface area (Å²) in [7, 11) is -9.88. The second-order valence-electron chi connectivity index (χ2n) is 24.1. The summed E-state index contributed by atoms with van der Waals surface area (Å²) in [4.78, 5) is 72.1. The number of aliphatic hydroxyl groups excluding tert-OH is 1. The van der Waals surface area contributed by atoms with Crippen molar-refractivity contribution in [2.45, 2.75) is 336 Å². The third-order valence-electron chi connectivity index (χ3n) is 14.7. The zero-order valence-corrected chi connectivity index (χ0v) is 55.3. The molecule has 0 aromatic carbocycles. The molecule has 0 spiro atoms. The Bertz CT molecular complexity index is 1630. The van der Waals surface area contributed by atoms with Crippen molar-refractivity contribution in [2.24, 2.45) is 11.8 Å². The molecule has 0 rings (SSSR count). The van der Waals surface area contributed by atoms with Gasteiger partial charge in [-0.3, -0.25) is 37.3 Å². The summed E-state index contributed by atoms with van der Waals surface area (Å²) >= 11 is 0. The van der Waals surface area contributed by atoms with Gasteiger partial charge in [-0.15, -0.1) is 0 Å². The van der Waals surface area contributed by atoms with E-state index < -0.39 is 97.5 Å². The SMILES string of the molecule is CCCCCCCCCCCCCCCCCC(=O)O[C@H](COC(=O)CCCCCCCCCCC(C)C)COP(=O)(O)OC[C@@H](O)COP(=O)(O)OC[C@@H](COC(=O)CCCCCCCCC)OC(=O)CCCCCCCCCC(C)C. The van der Waals surface area contributed by atoms with Gasteiger partial charge in [0, 0.05) is 25.7 Å². The average molecular weight is 1230 g/mol. The molecule has 0 heterocycles. The van der Waals surface area contributed by atoms with E-state index >= 15 is 0 Å². The van der Waals surface area contributed by atoms with E-state index in [1.165, 1.54) is 122 Å². The minimum absolute atomic E-state index is 0.103. The third-order valence-corrected chi connectivity index (χ3v) is 16.6. The van der Waals surface area contributed by atoms with Crippen LogP contribution in [0.2, 0.25) is 0 Å². The van der Waals surface area contributed by atoms with Crippen LogP contribution >= 0.6 is 15.6 Å². The molecule has 0 aliphatic heterocycles. The number of phosphoric ester groups is 2. The van der Waals surface area contributed by atoms with Gasteiger partial charge in [-0.1, -0.05) is 266 Å². The van der Waals surface area contributed by atoms with Crippen LogP contribution in [0.25, 0.3) is 0 Å². The van der Waals surface area contributed by atoms with Gasteiger partial charge >= 0.3 is 39.5 Å². The lowest BCUT2D eigenvalue weighted by Crippen LogP contribution is -2.30. The predicted octanol–water partition coefficient (Wildman–Crippen LogP) is 17.7. The lowest BCUT2D eigenvalue weighted by atomic mass is 10.0. The first-order valence-electron chi connectivity index (χ1n) is 33.5. The lowest BCUT2D eigenvalue weighted by molar-refractivity contribution is -0.161. The lowest BCUT2D eigenvalue weighted by Gasteiger charge is -2.21. The number of carbonyl (C=O) groups is 4. The Morgan fingerprint density at radius 3 is 0.819 bits per heavy atom. The fourth-order valence-corrected chi connectivity index (χ4v) is 11.1. The van der Waals surface area contributed by atoms with Crippen molar-refractivity contribution in [3.05, 3.63) is 0 Å². The quantitative estimate of drug-likeness (QED) is 0.0222. The van der Waals surface area contributed by atoms with E-state index in [1.807, 2.05) is 0 Å². The largest absolute Gasteiger partial charge is 0.472 e. The molecule has 0 aromatic heterocycles. The van der Waals surface area contributed by atoms with Crippen LogP contribution in [0.4, 0.5) is 0 Å². The minimum atomic E-state index is -4.94. The molecular weight excluding hydrogens is 1100 g/mol. The van der Waals surface area contributed by atoms with Crippen LogP contribution < -0.4 is 0 Å². The molecule has 0 saturated carbocycles. The van der Waals surface area contributed by atoms with Crippen LogP contribution in [0, 0.1) is 11.8 Å². The molecule has 3 N–H and O–H groups in total. The fourth-order valence-electron chi connectivity index (χ4n) is 9.53. The van der Waals surface area contributed by atoms with E-state index in [4.69, 9.17) is 37.0 Å². The Morgan fingerprint density at radius 2 is 0.554 bits per heavy atom. The molecule has 17 nitrogen and oxygen atoms in total. The molecule has 0 aliphatic rings. The van der Waals surface area contributed by atoms with Gasteiger partial charge < -0.3 is 33.8 Å². The highest BCUT2D eigenvalue weighted by Crippen LogP contribution is 2.45. The maximum atomic E-state index is 13.0. The zero-order chi connectivity index (χ0) is 61.5. The van der Waals surface area contributed by atoms with Gasteiger partial charge in [-0.25, -0.2) is 9.13 Å². The van der Waals surface area contributed by atoms with Crippen LogP contribution in [-0.4, -0.2) is 96.7 Å². The Kier molecular flexibility index (Phi) is 55.2. The number of aliphatic hydroxyl groups is 1. The highest BCUT2D eigenvalue weighted by molar-refractivity contribution is 7.47. The van der Waals surface area contributed by atoms with Crippen molar-refractivity contribution in [1.29, 1.82) is 0 Å². The highest BCUT2D eigenvalue weighted by Gasteiger charge is 2.30. The van der Waals surface area contributed by atoms with Gasteiger partial charge in [0.15, 0.2) is 12.2 Å². The second kappa shape index (κ2) is 56.6.